The molecule has 1 aliphatic heterocycles. The van der Waals surface area contributed by atoms with Gasteiger partial charge in [-0.25, -0.2) is 0 Å². The molecule has 4 nitrogen and oxygen atoms in total. The molecule has 4 heteroatoms. The SMILES string of the molecule is CN(C)C(=O)C1(Cc2ccccc2-c2ccncc2)CCN(CC2CCCCC2)CC1. The highest BCUT2D eigenvalue weighted by molar-refractivity contribution is 5.83. The number of hydrogen-bond donors (Lipinski definition) is 0. The molecule has 0 spiro atoms. The predicted octanol–water partition coefficient (Wildman–Crippen LogP) is 5.04. The summed E-state index contributed by atoms with van der Waals surface area (Å²) < 4.78 is 0. The van der Waals surface area contributed by atoms with E-state index in [0.717, 1.165) is 38.3 Å². The van der Waals surface area contributed by atoms with E-state index in [0.29, 0.717) is 0 Å². The van der Waals surface area contributed by atoms with E-state index >= 15 is 0 Å². The number of likely N-dealkylation sites (tertiary alicyclic amines) is 1. The number of amides is 1. The maximum Gasteiger partial charge on any atom is 0.228 e. The molecule has 1 aromatic heterocycles. The van der Waals surface area contributed by atoms with Gasteiger partial charge in [0.2, 0.25) is 5.91 Å². The third-order valence-corrected chi connectivity index (χ3v) is 7.45. The molecular formula is C27H37N3O. The summed E-state index contributed by atoms with van der Waals surface area (Å²) in [6, 6.07) is 12.7. The van der Waals surface area contributed by atoms with E-state index in [1.165, 1.54) is 55.3 Å². The molecule has 2 fully saturated rings. The highest BCUT2D eigenvalue weighted by Gasteiger charge is 2.42. The number of nitrogens with zero attached hydrogens (tertiary/aromatic N) is 3. The van der Waals surface area contributed by atoms with Gasteiger partial charge in [0.15, 0.2) is 0 Å². The van der Waals surface area contributed by atoms with Crippen LogP contribution in [0.5, 0.6) is 0 Å². The Labute approximate surface area is 187 Å². The van der Waals surface area contributed by atoms with E-state index in [1.54, 1.807) is 0 Å². The minimum absolute atomic E-state index is 0.286. The van der Waals surface area contributed by atoms with Crippen LogP contribution in [0.25, 0.3) is 11.1 Å². The van der Waals surface area contributed by atoms with Crippen LogP contribution in [0.4, 0.5) is 0 Å². The highest BCUT2D eigenvalue weighted by atomic mass is 16.2. The molecule has 2 aromatic rings. The Kier molecular flexibility index (Phi) is 7.06. The smallest absolute Gasteiger partial charge is 0.228 e. The molecule has 0 radical (unpaired) electrons. The van der Waals surface area contributed by atoms with E-state index in [2.05, 4.69) is 46.3 Å². The summed E-state index contributed by atoms with van der Waals surface area (Å²) in [5.74, 6) is 1.15. The average molecular weight is 420 g/mol. The summed E-state index contributed by atoms with van der Waals surface area (Å²) in [7, 11) is 3.82. The molecule has 0 N–H and O–H groups in total. The first-order valence-electron chi connectivity index (χ1n) is 12.0. The van der Waals surface area contributed by atoms with Gasteiger partial charge >= 0.3 is 0 Å². The van der Waals surface area contributed by atoms with Crippen LogP contribution in [0.1, 0.15) is 50.5 Å². The van der Waals surface area contributed by atoms with E-state index in [4.69, 9.17) is 0 Å². The van der Waals surface area contributed by atoms with Crippen molar-refractivity contribution in [1.82, 2.24) is 14.8 Å². The lowest BCUT2D eigenvalue weighted by Gasteiger charge is -2.43. The number of hydrogen-bond acceptors (Lipinski definition) is 3. The van der Waals surface area contributed by atoms with Crippen LogP contribution in [0.3, 0.4) is 0 Å². The maximum absolute atomic E-state index is 13.5. The lowest BCUT2D eigenvalue weighted by molar-refractivity contribution is -0.142. The number of aromatic nitrogens is 1. The Bertz CT molecular complexity index is 850. The van der Waals surface area contributed by atoms with Crippen molar-refractivity contribution in [2.75, 3.05) is 33.7 Å². The van der Waals surface area contributed by atoms with E-state index in [-0.39, 0.29) is 11.3 Å². The standard InChI is InChI=1S/C27H37N3O/c1-29(2)26(31)27(14-18-30(19-15-27)21-22-8-4-3-5-9-22)20-24-10-6-7-11-25(24)23-12-16-28-17-13-23/h6-7,10-13,16-17,22H,3-5,8-9,14-15,18-21H2,1-2H3. The first-order chi connectivity index (χ1) is 15.1. The van der Waals surface area contributed by atoms with Crippen molar-refractivity contribution in [2.24, 2.45) is 11.3 Å². The van der Waals surface area contributed by atoms with Crippen molar-refractivity contribution < 1.29 is 4.79 Å². The van der Waals surface area contributed by atoms with Gasteiger partial charge in [-0.1, -0.05) is 43.5 Å². The normalized spacial score (nSPS) is 19.8. The molecule has 1 saturated carbocycles. The molecular weight excluding hydrogens is 382 g/mol. The van der Waals surface area contributed by atoms with E-state index < -0.39 is 0 Å². The molecule has 1 aliphatic carbocycles. The van der Waals surface area contributed by atoms with E-state index in [1.807, 2.05) is 31.4 Å². The van der Waals surface area contributed by atoms with Crippen molar-refractivity contribution in [2.45, 2.75) is 51.4 Å². The third kappa shape index (κ3) is 5.17. The summed E-state index contributed by atoms with van der Waals surface area (Å²) in [6.45, 7) is 3.29. The van der Waals surface area contributed by atoms with Crippen LogP contribution in [-0.2, 0) is 11.2 Å². The van der Waals surface area contributed by atoms with Crippen LogP contribution in [0, 0.1) is 11.3 Å². The Morgan fingerprint density at radius 2 is 1.71 bits per heavy atom. The summed E-state index contributed by atoms with van der Waals surface area (Å²) in [4.78, 5) is 22.1. The largest absolute Gasteiger partial charge is 0.348 e. The molecule has 0 unspecified atom stereocenters. The second-order valence-electron chi connectivity index (χ2n) is 9.85. The van der Waals surface area contributed by atoms with Gasteiger partial charge in [-0.2, -0.15) is 0 Å². The Hall–Kier alpha value is -2.20. The Morgan fingerprint density at radius 1 is 1.03 bits per heavy atom. The van der Waals surface area contributed by atoms with Gasteiger partial charge in [0.05, 0.1) is 5.41 Å². The molecule has 4 rings (SSSR count). The fraction of sp³-hybridized carbons (Fsp3) is 0.556. The van der Waals surface area contributed by atoms with Crippen LogP contribution < -0.4 is 0 Å². The fourth-order valence-electron chi connectivity index (χ4n) is 5.69. The van der Waals surface area contributed by atoms with Gasteiger partial charge in [-0.05, 0) is 79.9 Å². The van der Waals surface area contributed by atoms with Gasteiger partial charge in [0.1, 0.15) is 0 Å². The van der Waals surface area contributed by atoms with Crippen molar-refractivity contribution in [3.05, 3.63) is 54.4 Å². The number of carbonyl (C=O) groups excluding carboxylic acids is 1. The number of pyridine rings is 1. The summed E-state index contributed by atoms with van der Waals surface area (Å²) in [5, 5.41) is 0. The number of carbonyl (C=O) groups is 1. The summed E-state index contributed by atoms with van der Waals surface area (Å²) >= 11 is 0. The van der Waals surface area contributed by atoms with Gasteiger partial charge in [-0.3, -0.25) is 9.78 Å². The van der Waals surface area contributed by atoms with Crippen molar-refractivity contribution in [3.8, 4) is 11.1 Å². The fourth-order valence-corrected chi connectivity index (χ4v) is 5.69. The van der Waals surface area contributed by atoms with Crippen molar-refractivity contribution in [3.63, 3.8) is 0 Å². The van der Waals surface area contributed by atoms with E-state index in [9.17, 15) is 4.79 Å². The van der Waals surface area contributed by atoms with Crippen molar-refractivity contribution in [1.29, 1.82) is 0 Å². The molecule has 2 heterocycles. The predicted molar refractivity (Wildman–Crippen MR) is 127 cm³/mol. The lowest BCUT2D eigenvalue weighted by Crippen LogP contribution is -2.50. The second-order valence-corrected chi connectivity index (χ2v) is 9.85. The zero-order valence-corrected chi connectivity index (χ0v) is 19.2. The molecule has 31 heavy (non-hydrogen) atoms. The molecule has 0 atom stereocenters. The first kappa shape index (κ1) is 22.0. The molecule has 2 aliphatic rings. The number of piperidine rings is 1. The highest BCUT2D eigenvalue weighted by Crippen LogP contribution is 2.40. The quantitative estimate of drug-likeness (QED) is 0.658. The third-order valence-electron chi connectivity index (χ3n) is 7.45. The van der Waals surface area contributed by atoms with Gasteiger partial charge in [-0.15, -0.1) is 0 Å². The lowest BCUT2D eigenvalue weighted by atomic mass is 9.71. The summed E-state index contributed by atoms with van der Waals surface area (Å²) in [5.41, 5.74) is 3.35. The minimum Gasteiger partial charge on any atom is -0.348 e. The molecule has 0 bridgehead atoms. The van der Waals surface area contributed by atoms with Crippen LogP contribution in [0.2, 0.25) is 0 Å². The van der Waals surface area contributed by atoms with Gasteiger partial charge < -0.3 is 9.80 Å². The second kappa shape index (κ2) is 9.95. The molecule has 166 valence electrons. The summed E-state index contributed by atoms with van der Waals surface area (Å²) in [6.07, 6.45) is 13.4. The van der Waals surface area contributed by atoms with Crippen molar-refractivity contribution >= 4 is 5.91 Å². The Balaban J connectivity index is 1.53. The number of rotatable bonds is 6. The average Bonchev–Trinajstić information content (AvgIpc) is 2.81. The van der Waals surface area contributed by atoms with Crippen LogP contribution in [0.15, 0.2) is 48.8 Å². The van der Waals surface area contributed by atoms with Crippen LogP contribution in [-0.4, -0.2) is 54.4 Å². The minimum atomic E-state index is -0.310. The monoisotopic (exact) mass is 419 g/mol. The zero-order chi connectivity index (χ0) is 21.7. The topological polar surface area (TPSA) is 36.4 Å². The molecule has 1 amide bonds. The number of benzene rings is 1. The zero-order valence-electron chi connectivity index (χ0n) is 19.2. The molecule has 1 saturated heterocycles. The Morgan fingerprint density at radius 3 is 2.39 bits per heavy atom. The van der Waals surface area contributed by atoms with Gasteiger partial charge in [0.25, 0.3) is 0 Å². The van der Waals surface area contributed by atoms with Crippen LogP contribution >= 0.6 is 0 Å². The maximum atomic E-state index is 13.5. The first-order valence-corrected chi connectivity index (χ1v) is 12.0. The molecule has 1 aromatic carbocycles. The van der Waals surface area contributed by atoms with Gasteiger partial charge in [0, 0.05) is 33.0 Å².